The fourth-order valence-corrected chi connectivity index (χ4v) is 5.59. The largest absolute Gasteiger partial charge is 0.487 e. The molecule has 2 aromatic heterocycles. The number of hydrogen-bond donors (Lipinski definition) is 1. The number of carbonyl (C=O) groups is 2. The molecule has 2 aromatic carbocycles. The van der Waals surface area contributed by atoms with E-state index in [1.807, 2.05) is 29.2 Å². The van der Waals surface area contributed by atoms with Gasteiger partial charge >= 0.3 is 12.1 Å². The maximum Gasteiger partial charge on any atom is 0.434 e. The molecule has 4 aromatic rings. The van der Waals surface area contributed by atoms with Crippen molar-refractivity contribution in [1.82, 2.24) is 19.7 Å². The standard InChI is InChI=1S/C31H26ClF3N4O4/c32-24-4-1-3-22(25-5-2-6-26(37-25)39-28(31(33,34)35)23(15-36-39)30(41)42)27(24)43-17-18-7-9-19(10-8-18)21-13-14-38(16-21)29(40)20-11-12-20/h1-10,15,20-21H,11-14,16-17H2,(H,41,42). The highest BCUT2D eigenvalue weighted by Crippen LogP contribution is 2.38. The Labute approximate surface area is 249 Å². The number of carboxylic acid groups (broad SMARTS) is 1. The average Bonchev–Trinajstić information content (AvgIpc) is 3.52. The Bertz CT molecular complexity index is 1690. The van der Waals surface area contributed by atoms with Crippen LogP contribution in [0.4, 0.5) is 13.2 Å². The third-order valence-electron chi connectivity index (χ3n) is 7.72. The molecule has 222 valence electrons. The summed E-state index contributed by atoms with van der Waals surface area (Å²) in [5.41, 5.74) is 0.337. The average molecular weight is 611 g/mol. The smallest absolute Gasteiger partial charge is 0.434 e. The first kappa shape index (κ1) is 28.7. The Morgan fingerprint density at radius 1 is 1.02 bits per heavy atom. The summed E-state index contributed by atoms with van der Waals surface area (Å²) in [6.07, 6.45) is -1.40. The molecule has 1 saturated carbocycles. The van der Waals surface area contributed by atoms with Crippen LogP contribution in [0.3, 0.4) is 0 Å². The van der Waals surface area contributed by atoms with Gasteiger partial charge in [-0.05, 0) is 54.7 Å². The summed E-state index contributed by atoms with van der Waals surface area (Å²) < 4.78 is 47.9. The van der Waals surface area contributed by atoms with Crippen molar-refractivity contribution in [3.63, 3.8) is 0 Å². The number of aromatic nitrogens is 3. The molecule has 1 aliphatic heterocycles. The maximum absolute atomic E-state index is 13.8. The van der Waals surface area contributed by atoms with E-state index >= 15 is 0 Å². The molecule has 0 spiro atoms. The van der Waals surface area contributed by atoms with Gasteiger partial charge in [-0.3, -0.25) is 4.79 Å². The second-order valence-corrected chi connectivity index (χ2v) is 11.1. The van der Waals surface area contributed by atoms with E-state index in [2.05, 4.69) is 10.1 Å². The molecule has 0 radical (unpaired) electrons. The van der Waals surface area contributed by atoms with Gasteiger partial charge in [0.15, 0.2) is 11.5 Å². The Balaban J connectivity index is 1.20. The van der Waals surface area contributed by atoms with Crippen molar-refractivity contribution in [1.29, 1.82) is 0 Å². The molecule has 8 nitrogen and oxygen atoms in total. The first-order valence-corrected chi connectivity index (χ1v) is 14.1. The molecular formula is C31H26ClF3N4O4. The maximum atomic E-state index is 13.8. The molecule has 12 heteroatoms. The molecule has 1 N–H and O–H groups in total. The number of nitrogens with zero attached hydrogens (tertiary/aromatic N) is 4. The van der Waals surface area contributed by atoms with Gasteiger partial charge in [0, 0.05) is 30.5 Å². The van der Waals surface area contributed by atoms with E-state index in [9.17, 15) is 27.9 Å². The number of alkyl halides is 3. The highest BCUT2D eigenvalue weighted by atomic mass is 35.5. The number of benzene rings is 2. The van der Waals surface area contributed by atoms with Crippen LogP contribution in [0.2, 0.25) is 5.02 Å². The lowest BCUT2D eigenvalue weighted by molar-refractivity contribution is -0.143. The normalized spacial score (nSPS) is 16.8. The molecule has 2 aliphatic rings. The fraction of sp³-hybridized carbons (Fsp3) is 0.290. The number of rotatable bonds is 8. The van der Waals surface area contributed by atoms with E-state index in [-0.39, 0.29) is 35.0 Å². The van der Waals surface area contributed by atoms with E-state index in [4.69, 9.17) is 16.3 Å². The Kier molecular flexibility index (Phi) is 7.59. The van der Waals surface area contributed by atoms with E-state index in [1.54, 1.807) is 24.3 Å². The number of carboxylic acids is 1. The summed E-state index contributed by atoms with van der Waals surface area (Å²) in [6.45, 7) is 1.70. The lowest BCUT2D eigenvalue weighted by Gasteiger charge is -2.17. The summed E-state index contributed by atoms with van der Waals surface area (Å²) in [5, 5.41) is 13.2. The molecule has 6 rings (SSSR count). The van der Waals surface area contributed by atoms with Gasteiger partial charge < -0.3 is 14.7 Å². The van der Waals surface area contributed by atoms with Gasteiger partial charge in [-0.25, -0.2) is 14.5 Å². The first-order valence-electron chi connectivity index (χ1n) is 13.8. The quantitative estimate of drug-likeness (QED) is 0.241. The SMILES string of the molecule is O=C(O)c1cnn(-c2cccc(-c3cccc(Cl)c3OCc3ccc(C4CCN(C(=O)C5CC5)C4)cc3)n2)c1C(F)(F)F. The minimum Gasteiger partial charge on any atom is -0.487 e. The molecule has 43 heavy (non-hydrogen) atoms. The lowest BCUT2D eigenvalue weighted by Crippen LogP contribution is -2.29. The van der Waals surface area contributed by atoms with Crippen LogP contribution in [-0.2, 0) is 17.6 Å². The van der Waals surface area contributed by atoms with Crippen molar-refractivity contribution in [2.45, 2.75) is 38.0 Å². The van der Waals surface area contributed by atoms with Gasteiger partial charge in [-0.15, -0.1) is 0 Å². The van der Waals surface area contributed by atoms with Gasteiger partial charge in [0.2, 0.25) is 5.91 Å². The zero-order chi connectivity index (χ0) is 30.3. The Morgan fingerprint density at radius 2 is 1.77 bits per heavy atom. The van der Waals surface area contributed by atoms with E-state index in [0.29, 0.717) is 28.1 Å². The molecular weight excluding hydrogens is 585 g/mol. The zero-order valence-corrected chi connectivity index (χ0v) is 23.5. The predicted molar refractivity (Wildman–Crippen MR) is 151 cm³/mol. The molecule has 0 bridgehead atoms. The number of para-hydroxylation sites is 1. The van der Waals surface area contributed by atoms with Crippen molar-refractivity contribution in [2.24, 2.45) is 5.92 Å². The molecule has 1 atom stereocenters. The number of aromatic carboxylic acids is 1. The van der Waals surface area contributed by atoms with Gasteiger partial charge in [0.25, 0.3) is 0 Å². The minimum absolute atomic E-state index is 0.174. The minimum atomic E-state index is -4.98. The van der Waals surface area contributed by atoms with E-state index < -0.39 is 23.4 Å². The van der Waals surface area contributed by atoms with Crippen LogP contribution in [0.25, 0.3) is 17.1 Å². The number of halogens is 4. The molecule has 3 heterocycles. The number of hydrogen-bond acceptors (Lipinski definition) is 5. The number of amides is 1. The van der Waals surface area contributed by atoms with Crippen LogP contribution < -0.4 is 4.74 Å². The highest BCUT2D eigenvalue weighted by molar-refractivity contribution is 6.32. The van der Waals surface area contributed by atoms with Crippen LogP contribution in [-0.4, -0.2) is 49.7 Å². The lowest BCUT2D eigenvalue weighted by atomic mass is 9.97. The van der Waals surface area contributed by atoms with Crippen molar-refractivity contribution in [3.8, 4) is 22.8 Å². The number of likely N-dealkylation sites (tertiary alicyclic amines) is 1. The van der Waals surface area contributed by atoms with E-state index in [1.165, 1.54) is 12.1 Å². The molecule has 2 fully saturated rings. The van der Waals surface area contributed by atoms with Gasteiger partial charge in [-0.1, -0.05) is 48.0 Å². The predicted octanol–water partition coefficient (Wildman–Crippen LogP) is 6.61. The molecule has 1 unspecified atom stereocenters. The third-order valence-corrected chi connectivity index (χ3v) is 8.02. The molecule has 1 aliphatic carbocycles. The van der Waals surface area contributed by atoms with Crippen LogP contribution in [0.15, 0.2) is 66.9 Å². The number of ether oxygens (including phenoxy) is 1. The van der Waals surface area contributed by atoms with E-state index in [0.717, 1.165) is 43.5 Å². The van der Waals surface area contributed by atoms with Gasteiger partial charge in [0.1, 0.15) is 17.9 Å². The van der Waals surface area contributed by atoms with Crippen molar-refractivity contribution in [3.05, 3.63) is 94.3 Å². The summed E-state index contributed by atoms with van der Waals surface area (Å²) >= 11 is 6.49. The van der Waals surface area contributed by atoms with Crippen LogP contribution in [0, 0.1) is 5.92 Å². The Hall–Kier alpha value is -4.38. The third kappa shape index (κ3) is 5.94. The van der Waals surface area contributed by atoms with Crippen LogP contribution in [0.1, 0.15) is 52.4 Å². The van der Waals surface area contributed by atoms with Gasteiger partial charge in [-0.2, -0.15) is 18.3 Å². The number of pyridine rings is 1. The molecule has 1 amide bonds. The zero-order valence-electron chi connectivity index (χ0n) is 22.7. The van der Waals surface area contributed by atoms with Crippen molar-refractivity contribution >= 4 is 23.5 Å². The first-order chi connectivity index (χ1) is 20.6. The van der Waals surface area contributed by atoms with Crippen LogP contribution >= 0.6 is 11.6 Å². The summed E-state index contributed by atoms with van der Waals surface area (Å²) in [4.78, 5) is 30.1. The second-order valence-electron chi connectivity index (χ2n) is 10.7. The highest BCUT2D eigenvalue weighted by Gasteiger charge is 2.41. The summed E-state index contributed by atoms with van der Waals surface area (Å²) in [5.74, 6) is -0.877. The van der Waals surface area contributed by atoms with Crippen molar-refractivity contribution in [2.75, 3.05) is 13.1 Å². The van der Waals surface area contributed by atoms with Crippen molar-refractivity contribution < 1.29 is 32.6 Å². The fourth-order valence-electron chi connectivity index (χ4n) is 5.36. The monoisotopic (exact) mass is 610 g/mol. The topological polar surface area (TPSA) is 97.5 Å². The summed E-state index contributed by atoms with van der Waals surface area (Å²) in [7, 11) is 0. The Morgan fingerprint density at radius 3 is 2.47 bits per heavy atom. The van der Waals surface area contributed by atoms with Gasteiger partial charge in [0.05, 0.1) is 16.9 Å². The second kappa shape index (κ2) is 11.4. The number of carbonyl (C=O) groups excluding carboxylic acids is 1. The van der Waals surface area contributed by atoms with Crippen LogP contribution in [0.5, 0.6) is 5.75 Å². The summed E-state index contributed by atoms with van der Waals surface area (Å²) in [6, 6.07) is 17.4. The molecule has 1 saturated heterocycles.